The second-order valence-electron chi connectivity index (χ2n) is 5.26. The molecule has 7 heteroatoms. The van der Waals surface area contributed by atoms with Gasteiger partial charge in [0.1, 0.15) is 9.88 Å². The van der Waals surface area contributed by atoms with E-state index in [2.05, 4.69) is 10.3 Å². The van der Waals surface area contributed by atoms with Gasteiger partial charge < -0.3 is 11.1 Å². The SMILES string of the molecule is Cc1cccc(NC(=O)c2sc(-c3ccsc3)nc2C)c1C(N)=O. The highest BCUT2D eigenvalue weighted by Crippen LogP contribution is 2.30. The van der Waals surface area contributed by atoms with Gasteiger partial charge in [0.2, 0.25) is 0 Å². The van der Waals surface area contributed by atoms with E-state index in [1.807, 2.05) is 16.8 Å². The molecular formula is C17H15N3O2S2. The Morgan fingerprint density at radius 2 is 2.00 bits per heavy atom. The molecular weight excluding hydrogens is 342 g/mol. The summed E-state index contributed by atoms with van der Waals surface area (Å²) in [6, 6.07) is 7.19. The molecule has 0 fully saturated rings. The van der Waals surface area contributed by atoms with Gasteiger partial charge in [-0.3, -0.25) is 9.59 Å². The van der Waals surface area contributed by atoms with Crippen molar-refractivity contribution in [1.29, 1.82) is 0 Å². The Balaban J connectivity index is 1.92. The number of benzene rings is 1. The van der Waals surface area contributed by atoms with Gasteiger partial charge in [0, 0.05) is 10.9 Å². The lowest BCUT2D eigenvalue weighted by atomic mass is 10.1. The fourth-order valence-electron chi connectivity index (χ4n) is 2.39. The summed E-state index contributed by atoms with van der Waals surface area (Å²) < 4.78 is 0. The van der Waals surface area contributed by atoms with Gasteiger partial charge in [-0.05, 0) is 36.9 Å². The molecule has 0 aliphatic heterocycles. The van der Waals surface area contributed by atoms with E-state index in [1.54, 1.807) is 43.4 Å². The Labute approximate surface area is 147 Å². The molecule has 0 bridgehead atoms. The second-order valence-corrected chi connectivity index (χ2v) is 7.04. The van der Waals surface area contributed by atoms with Crippen molar-refractivity contribution in [3.8, 4) is 10.6 Å². The van der Waals surface area contributed by atoms with Gasteiger partial charge in [-0.1, -0.05) is 12.1 Å². The molecule has 0 saturated carbocycles. The molecule has 0 atom stereocenters. The Kier molecular flexibility index (Phi) is 4.46. The number of rotatable bonds is 4. The number of anilines is 1. The zero-order valence-corrected chi connectivity index (χ0v) is 14.8. The summed E-state index contributed by atoms with van der Waals surface area (Å²) in [4.78, 5) is 29.2. The number of primary amides is 1. The lowest BCUT2D eigenvalue weighted by Crippen LogP contribution is -2.19. The Hall–Kier alpha value is -2.51. The smallest absolute Gasteiger partial charge is 0.267 e. The average Bonchev–Trinajstić information content (AvgIpc) is 3.15. The van der Waals surface area contributed by atoms with E-state index < -0.39 is 5.91 Å². The first kappa shape index (κ1) is 16.4. The number of aryl methyl sites for hydroxylation is 2. The summed E-state index contributed by atoms with van der Waals surface area (Å²) in [6.07, 6.45) is 0. The van der Waals surface area contributed by atoms with Gasteiger partial charge in [-0.15, -0.1) is 11.3 Å². The van der Waals surface area contributed by atoms with Crippen LogP contribution in [0.25, 0.3) is 10.6 Å². The fraction of sp³-hybridized carbons (Fsp3) is 0.118. The van der Waals surface area contributed by atoms with Gasteiger partial charge in [-0.2, -0.15) is 11.3 Å². The maximum absolute atomic E-state index is 12.6. The van der Waals surface area contributed by atoms with Crippen molar-refractivity contribution in [2.75, 3.05) is 5.32 Å². The van der Waals surface area contributed by atoms with Crippen LogP contribution in [-0.4, -0.2) is 16.8 Å². The topological polar surface area (TPSA) is 85.1 Å². The third-order valence-corrected chi connectivity index (χ3v) is 5.43. The maximum atomic E-state index is 12.6. The molecule has 2 aromatic heterocycles. The number of carbonyl (C=O) groups excluding carboxylic acids is 2. The van der Waals surface area contributed by atoms with E-state index in [1.165, 1.54) is 11.3 Å². The van der Waals surface area contributed by atoms with Crippen LogP contribution < -0.4 is 11.1 Å². The van der Waals surface area contributed by atoms with Crippen LogP contribution in [0.15, 0.2) is 35.0 Å². The molecule has 5 nitrogen and oxygen atoms in total. The first-order valence-electron chi connectivity index (χ1n) is 7.18. The summed E-state index contributed by atoms with van der Waals surface area (Å²) in [7, 11) is 0. The minimum Gasteiger partial charge on any atom is -0.366 e. The highest BCUT2D eigenvalue weighted by Gasteiger charge is 2.19. The molecule has 24 heavy (non-hydrogen) atoms. The van der Waals surface area contributed by atoms with Crippen molar-refractivity contribution in [2.45, 2.75) is 13.8 Å². The van der Waals surface area contributed by atoms with Crippen molar-refractivity contribution >= 4 is 40.2 Å². The first-order valence-corrected chi connectivity index (χ1v) is 8.94. The number of hydrogen-bond donors (Lipinski definition) is 2. The standard InChI is InChI=1S/C17H15N3O2S2/c1-9-4-3-5-12(13(9)15(18)21)20-16(22)14-10(2)19-17(24-14)11-6-7-23-8-11/h3-8H,1-2H3,(H2,18,21)(H,20,22). The highest BCUT2D eigenvalue weighted by atomic mass is 32.1. The van der Waals surface area contributed by atoms with Crippen LogP contribution in [0.2, 0.25) is 0 Å². The Bertz CT molecular complexity index is 914. The van der Waals surface area contributed by atoms with E-state index >= 15 is 0 Å². The molecule has 2 heterocycles. The molecule has 122 valence electrons. The number of aromatic nitrogens is 1. The Morgan fingerprint density at radius 3 is 2.67 bits per heavy atom. The van der Waals surface area contributed by atoms with Crippen molar-refractivity contribution < 1.29 is 9.59 Å². The number of nitrogens with zero attached hydrogens (tertiary/aromatic N) is 1. The minimum atomic E-state index is -0.566. The van der Waals surface area contributed by atoms with Crippen LogP contribution in [-0.2, 0) is 0 Å². The largest absolute Gasteiger partial charge is 0.366 e. The molecule has 3 rings (SSSR count). The van der Waals surface area contributed by atoms with Gasteiger partial charge in [-0.25, -0.2) is 4.98 Å². The minimum absolute atomic E-state index is 0.292. The zero-order valence-electron chi connectivity index (χ0n) is 13.1. The number of hydrogen-bond acceptors (Lipinski definition) is 5. The molecule has 3 N–H and O–H groups in total. The van der Waals surface area contributed by atoms with Gasteiger partial charge in [0.25, 0.3) is 11.8 Å². The molecule has 0 aliphatic rings. The van der Waals surface area contributed by atoms with E-state index in [4.69, 9.17) is 5.73 Å². The van der Waals surface area contributed by atoms with Crippen LogP contribution >= 0.6 is 22.7 Å². The molecule has 0 aliphatic carbocycles. The summed E-state index contributed by atoms with van der Waals surface area (Å²) in [5, 5.41) is 7.55. The number of thiazole rings is 1. The van der Waals surface area contributed by atoms with E-state index in [0.29, 0.717) is 21.8 Å². The van der Waals surface area contributed by atoms with Crippen molar-refractivity contribution in [1.82, 2.24) is 4.98 Å². The lowest BCUT2D eigenvalue weighted by molar-refractivity contribution is 0.100. The van der Waals surface area contributed by atoms with Crippen molar-refractivity contribution in [2.24, 2.45) is 5.73 Å². The van der Waals surface area contributed by atoms with Crippen molar-refractivity contribution in [3.05, 3.63) is 56.7 Å². The number of nitrogens with two attached hydrogens (primary N) is 1. The van der Waals surface area contributed by atoms with Gasteiger partial charge in [0.05, 0.1) is 16.9 Å². The number of carbonyl (C=O) groups is 2. The Morgan fingerprint density at radius 1 is 1.21 bits per heavy atom. The molecule has 0 saturated heterocycles. The van der Waals surface area contributed by atoms with Gasteiger partial charge >= 0.3 is 0 Å². The van der Waals surface area contributed by atoms with Gasteiger partial charge in [0.15, 0.2) is 0 Å². The third kappa shape index (κ3) is 3.08. The molecule has 2 amide bonds. The van der Waals surface area contributed by atoms with Crippen LogP contribution in [0, 0.1) is 13.8 Å². The summed E-state index contributed by atoms with van der Waals surface area (Å²) in [5.41, 5.74) is 8.55. The molecule has 0 radical (unpaired) electrons. The summed E-state index contributed by atoms with van der Waals surface area (Å²) in [5.74, 6) is -0.858. The highest BCUT2D eigenvalue weighted by molar-refractivity contribution is 7.17. The van der Waals surface area contributed by atoms with Crippen LogP contribution in [0.5, 0.6) is 0 Å². The average molecular weight is 357 g/mol. The molecule has 1 aromatic carbocycles. The monoisotopic (exact) mass is 357 g/mol. The maximum Gasteiger partial charge on any atom is 0.267 e. The third-order valence-electron chi connectivity index (χ3n) is 3.54. The number of amides is 2. The normalized spacial score (nSPS) is 10.6. The molecule has 3 aromatic rings. The predicted octanol–water partition coefficient (Wildman–Crippen LogP) is 3.84. The second kappa shape index (κ2) is 6.54. The fourth-order valence-corrected chi connectivity index (χ4v) is 4.07. The van der Waals surface area contributed by atoms with Crippen LogP contribution in [0.1, 0.15) is 31.3 Å². The lowest BCUT2D eigenvalue weighted by Gasteiger charge is -2.10. The zero-order chi connectivity index (χ0) is 17.3. The van der Waals surface area contributed by atoms with E-state index in [-0.39, 0.29) is 5.91 Å². The van der Waals surface area contributed by atoms with E-state index in [0.717, 1.165) is 16.1 Å². The molecule has 0 spiro atoms. The summed E-state index contributed by atoms with van der Waals surface area (Å²) in [6.45, 7) is 3.58. The van der Waals surface area contributed by atoms with E-state index in [9.17, 15) is 9.59 Å². The molecule has 0 unspecified atom stereocenters. The first-order chi connectivity index (χ1) is 11.5. The number of nitrogens with one attached hydrogen (secondary N) is 1. The van der Waals surface area contributed by atoms with Crippen LogP contribution in [0.3, 0.4) is 0 Å². The van der Waals surface area contributed by atoms with Crippen LogP contribution in [0.4, 0.5) is 5.69 Å². The predicted molar refractivity (Wildman–Crippen MR) is 97.8 cm³/mol. The van der Waals surface area contributed by atoms with Crippen molar-refractivity contribution in [3.63, 3.8) is 0 Å². The quantitative estimate of drug-likeness (QED) is 0.744. The summed E-state index contributed by atoms with van der Waals surface area (Å²) >= 11 is 2.91. The number of thiophene rings is 1.